The number of nitrogens with zero attached hydrogens (tertiary/aromatic N) is 2. The highest BCUT2D eigenvalue weighted by Gasteiger charge is 2.17. The summed E-state index contributed by atoms with van der Waals surface area (Å²) in [6.45, 7) is 1.82. The van der Waals surface area contributed by atoms with Crippen LogP contribution in [0.3, 0.4) is 0 Å². The maximum absolute atomic E-state index is 12.2. The molecule has 0 bridgehead atoms. The van der Waals surface area contributed by atoms with Crippen LogP contribution in [0.5, 0.6) is 0 Å². The van der Waals surface area contributed by atoms with Crippen molar-refractivity contribution in [2.75, 3.05) is 17.7 Å². The average molecular weight is 292 g/mol. The molecule has 0 saturated carbocycles. The van der Waals surface area contributed by atoms with Crippen molar-refractivity contribution >= 4 is 33.8 Å². The second-order valence-electron chi connectivity index (χ2n) is 3.99. The van der Waals surface area contributed by atoms with Gasteiger partial charge in [0.2, 0.25) is 0 Å². The van der Waals surface area contributed by atoms with Crippen LogP contribution >= 0.6 is 11.3 Å². The minimum atomic E-state index is -0.538. The maximum atomic E-state index is 12.2. The number of carbonyl (C=O) groups excluding carboxylic acids is 1. The molecule has 0 radical (unpaired) electrons. The molecule has 0 atom stereocenters. The highest BCUT2D eigenvalue weighted by Crippen LogP contribution is 2.23. The van der Waals surface area contributed by atoms with E-state index >= 15 is 0 Å². The Kier molecular flexibility index (Phi) is 3.94. The van der Waals surface area contributed by atoms with Gasteiger partial charge in [0, 0.05) is 30.2 Å². The number of benzene rings is 1. The van der Waals surface area contributed by atoms with Gasteiger partial charge in [0.1, 0.15) is 0 Å². The molecule has 0 aliphatic carbocycles. The molecule has 2 aromatic rings. The van der Waals surface area contributed by atoms with Crippen molar-refractivity contribution < 1.29 is 9.72 Å². The van der Waals surface area contributed by atoms with Crippen molar-refractivity contribution in [3.05, 3.63) is 45.0 Å². The molecule has 0 unspecified atom stereocenters. The number of nitro groups is 1. The third-order valence-electron chi connectivity index (χ3n) is 2.57. The second-order valence-corrected chi connectivity index (χ2v) is 4.84. The largest absolute Gasteiger partial charge is 0.387 e. The smallest absolute Gasteiger partial charge is 0.270 e. The summed E-state index contributed by atoms with van der Waals surface area (Å²) in [5.41, 5.74) is 1.39. The summed E-state index contributed by atoms with van der Waals surface area (Å²) in [6, 6.07) is 4.08. The second kappa shape index (κ2) is 5.66. The van der Waals surface area contributed by atoms with Crippen LogP contribution in [0, 0.1) is 17.0 Å². The molecule has 8 heteroatoms. The first-order valence-electron chi connectivity index (χ1n) is 5.71. The van der Waals surface area contributed by atoms with E-state index in [4.69, 9.17) is 0 Å². The summed E-state index contributed by atoms with van der Waals surface area (Å²) in [5.74, 6) is -0.438. The zero-order chi connectivity index (χ0) is 14.7. The molecule has 2 rings (SSSR count). The lowest BCUT2D eigenvalue weighted by molar-refractivity contribution is -0.384. The normalized spacial score (nSPS) is 10.1. The highest BCUT2D eigenvalue weighted by molar-refractivity contribution is 7.13. The maximum Gasteiger partial charge on any atom is 0.270 e. The van der Waals surface area contributed by atoms with E-state index in [1.807, 2.05) is 12.3 Å². The fourth-order valence-corrected chi connectivity index (χ4v) is 2.31. The highest BCUT2D eigenvalue weighted by atomic mass is 32.1. The third-order valence-corrected chi connectivity index (χ3v) is 3.44. The zero-order valence-electron chi connectivity index (χ0n) is 10.8. The molecule has 1 heterocycles. The molecule has 0 fully saturated rings. The summed E-state index contributed by atoms with van der Waals surface area (Å²) >= 11 is 1.30. The van der Waals surface area contributed by atoms with Crippen LogP contribution in [0.1, 0.15) is 16.1 Å². The molecular formula is C12H12N4O3S. The van der Waals surface area contributed by atoms with E-state index in [1.165, 1.54) is 29.5 Å². The van der Waals surface area contributed by atoms with Gasteiger partial charge in [-0.3, -0.25) is 20.2 Å². The number of carbonyl (C=O) groups is 1. The van der Waals surface area contributed by atoms with Crippen molar-refractivity contribution in [3.8, 4) is 0 Å². The van der Waals surface area contributed by atoms with Gasteiger partial charge in [-0.15, -0.1) is 11.3 Å². The predicted octanol–water partition coefficient (Wildman–Crippen LogP) is 2.65. The first kappa shape index (κ1) is 13.9. The van der Waals surface area contributed by atoms with Crippen LogP contribution in [-0.2, 0) is 0 Å². The molecule has 1 amide bonds. The Balaban J connectivity index is 2.32. The fourth-order valence-electron chi connectivity index (χ4n) is 1.63. The Bertz CT molecular complexity index is 668. The van der Waals surface area contributed by atoms with E-state index < -0.39 is 10.8 Å². The number of thiazole rings is 1. The standard InChI is InChI=1S/C12H12N4O3S/c1-7-6-20-12(14-7)15-11(17)9-5-8(16(18)19)3-4-10(9)13-2/h3-6,13H,1-2H3,(H,14,15,17). The lowest BCUT2D eigenvalue weighted by Crippen LogP contribution is -2.14. The quantitative estimate of drug-likeness (QED) is 0.667. The molecule has 0 aliphatic rings. The van der Waals surface area contributed by atoms with Gasteiger partial charge in [-0.1, -0.05) is 0 Å². The molecule has 1 aromatic carbocycles. The molecule has 104 valence electrons. The Labute approximate surface area is 118 Å². The molecule has 1 aromatic heterocycles. The minimum Gasteiger partial charge on any atom is -0.387 e. The number of hydrogen-bond donors (Lipinski definition) is 2. The number of aryl methyl sites for hydroxylation is 1. The number of nitro benzene ring substituents is 1. The number of nitrogens with one attached hydrogen (secondary N) is 2. The SMILES string of the molecule is CNc1ccc([N+](=O)[O-])cc1C(=O)Nc1nc(C)cs1. The third kappa shape index (κ3) is 2.91. The summed E-state index contributed by atoms with van der Waals surface area (Å²) in [7, 11) is 1.64. The fraction of sp³-hybridized carbons (Fsp3) is 0.167. The molecule has 0 spiro atoms. The Morgan fingerprint density at radius 3 is 2.75 bits per heavy atom. The average Bonchev–Trinajstić information content (AvgIpc) is 2.83. The Morgan fingerprint density at radius 1 is 1.45 bits per heavy atom. The van der Waals surface area contributed by atoms with Gasteiger partial charge in [-0.25, -0.2) is 4.98 Å². The lowest BCUT2D eigenvalue weighted by Gasteiger charge is -2.08. The van der Waals surface area contributed by atoms with E-state index in [-0.39, 0.29) is 11.3 Å². The van der Waals surface area contributed by atoms with Gasteiger partial charge in [-0.05, 0) is 13.0 Å². The molecule has 0 saturated heterocycles. The number of aromatic nitrogens is 1. The molecular weight excluding hydrogens is 280 g/mol. The summed E-state index contributed by atoms with van der Waals surface area (Å²) in [5, 5.41) is 18.5. The monoisotopic (exact) mass is 292 g/mol. The van der Waals surface area contributed by atoms with Gasteiger partial charge >= 0.3 is 0 Å². The van der Waals surface area contributed by atoms with Crippen molar-refractivity contribution in [1.29, 1.82) is 0 Å². The van der Waals surface area contributed by atoms with E-state index in [2.05, 4.69) is 15.6 Å². The van der Waals surface area contributed by atoms with Gasteiger partial charge in [-0.2, -0.15) is 0 Å². The number of amides is 1. The van der Waals surface area contributed by atoms with Crippen molar-refractivity contribution in [2.45, 2.75) is 6.92 Å². The Morgan fingerprint density at radius 2 is 2.20 bits per heavy atom. The first-order valence-corrected chi connectivity index (χ1v) is 6.59. The van der Waals surface area contributed by atoms with Crippen molar-refractivity contribution in [2.24, 2.45) is 0 Å². The summed E-state index contributed by atoms with van der Waals surface area (Å²) < 4.78 is 0. The number of anilines is 2. The molecule has 20 heavy (non-hydrogen) atoms. The predicted molar refractivity (Wildman–Crippen MR) is 77.4 cm³/mol. The van der Waals surface area contributed by atoms with Crippen LogP contribution < -0.4 is 10.6 Å². The van der Waals surface area contributed by atoms with Crippen molar-refractivity contribution in [1.82, 2.24) is 4.98 Å². The molecule has 7 nitrogen and oxygen atoms in total. The van der Waals surface area contributed by atoms with E-state index in [0.29, 0.717) is 10.8 Å². The summed E-state index contributed by atoms with van der Waals surface area (Å²) in [6.07, 6.45) is 0. The topological polar surface area (TPSA) is 97.2 Å². The number of hydrogen-bond acceptors (Lipinski definition) is 6. The van der Waals surface area contributed by atoms with Crippen LogP contribution in [-0.4, -0.2) is 22.9 Å². The van der Waals surface area contributed by atoms with Gasteiger partial charge < -0.3 is 5.32 Å². The van der Waals surface area contributed by atoms with Gasteiger partial charge in [0.05, 0.1) is 16.2 Å². The molecule has 0 aliphatic heterocycles. The Hall–Kier alpha value is -2.48. The van der Waals surface area contributed by atoms with Crippen LogP contribution in [0.15, 0.2) is 23.6 Å². The van der Waals surface area contributed by atoms with E-state index in [9.17, 15) is 14.9 Å². The summed E-state index contributed by atoms with van der Waals surface area (Å²) in [4.78, 5) is 26.5. The van der Waals surface area contributed by atoms with E-state index in [0.717, 1.165) is 5.69 Å². The minimum absolute atomic E-state index is 0.135. The van der Waals surface area contributed by atoms with Crippen molar-refractivity contribution in [3.63, 3.8) is 0 Å². The first-order chi connectivity index (χ1) is 9.51. The zero-order valence-corrected chi connectivity index (χ0v) is 11.7. The van der Waals surface area contributed by atoms with Crippen LogP contribution in [0.25, 0.3) is 0 Å². The van der Waals surface area contributed by atoms with Gasteiger partial charge in [0.25, 0.3) is 11.6 Å². The number of rotatable bonds is 4. The van der Waals surface area contributed by atoms with E-state index in [1.54, 1.807) is 7.05 Å². The van der Waals surface area contributed by atoms with Gasteiger partial charge in [0.15, 0.2) is 5.13 Å². The number of non-ortho nitro benzene ring substituents is 1. The van der Waals surface area contributed by atoms with Crippen LogP contribution in [0.4, 0.5) is 16.5 Å². The molecule has 2 N–H and O–H groups in total. The van der Waals surface area contributed by atoms with Crippen LogP contribution in [0.2, 0.25) is 0 Å². The lowest BCUT2D eigenvalue weighted by atomic mass is 10.1.